The monoisotopic (exact) mass is 353 g/mol. The Labute approximate surface area is 143 Å². The molecule has 0 bridgehead atoms. The zero-order valence-corrected chi connectivity index (χ0v) is 13.9. The predicted octanol–water partition coefficient (Wildman–Crippen LogP) is 3.26. The maximum Gasteiger partial charge on any atom is 0.435 e. The summed E-state index contributed by atoms with van der Waals surface area (Å²) < 4.78 is 46.4. The van der Waals surface area contributed by atoms with Crippen LogP contribution in [0.2, 0.25) is 0 Å². The lowest BCUT2D eigenvalue weighted by atomic mass is 10.0. The van der Waals surface area contributed by atoms with Gasteiger partial charge in [-0.05, 0) is 30.5 Å². The minimum Gasteiger partial charge on any atom is -0.497 e. The first-order chi connectivity index (χ1) is 11.8. The number of hydrogen-bond donors (Lipinski definition) is 0. The number of ether oxygens (including phenoxy) is 1. The molecule has 0 fully saturated rings. The second kappa shape index (κ2) is 6.42. The quantitative estimate of drug-likeness (QED) is 0.851. The highest BCUT2D eigenvalue weighted by Crippen LogP contribution is 2.39. The Morgan fingerprint density at radius 1 is 1.28 bits per heavy atom. The standard InChI is InChI=1S/C17H18F3N3O2/c1-11(24)22-9-3-4-14-15(17(18,19)20)21-23(16(14)22)10-12-5-7-13(25-2)8-6-12/h5-8H,3-4,9-10H2,1-2H3. The smallest absolute Gasteiger partial charge is 0.435 e. The van der Waals surface area contributed by atoms with Crippen molar-refractivity contribution in [3.8, 4) is 5.75 Å². The molecule has 0 saturated heterocycles. The number of carbonyl (C=O) groups excluding carboxylic acids is 1. The fourth-order valence-electron chi connectivity index (χ4n) is 3.09. The van der Waals surface area contributed by atoms with Crippen molar-refractivity contribution in [2.24, 2.45) is 0 Å². The molecule has 25 heavy (non-hydrogen) atoms. The molecule has 0 saturated carbocycles. The molecule has 0 N–H and O–H groups in total. The molecule has 0 atom stereocenters. The second-order valence-corrected chi connectivity index (χ2v) is 5.93. The van der Waals surface area contributed by atoms with E-state index < -0.39 is 11.9 Å². The van der Waals surface area contributed by atoms with Gasteiger partial charge >= 0.3 is 6.18 Å². The Balaban J connectivity index is 2.05. The van der Waals surface area contributed by atoms with Crippen LogP contribution < -0.4 is 9.64 Å². The van der Waals surface area contributed by atoms with E-state index in [2.05, 4.69) is 5.10 Å². The maximum atomic E-state index is 13.4. The lowest BCUT2D eigenvalue weighted by Gasteiger charge is -2.27. The van der Waals surface area contributed by atoms with E-state index in [1.54, 1.807) is 31.4 Å². The van der Waals surface area contributed by atoms with Crippen molar-refractivity contribution in [3.63, 3.8) is 0 Å². The molecule has 134 valence electrons. The summed E-state index contributed by atoms with van der Waals surface area (Å²) in [6.45, 7) is 1.90. The first-order valence-electron chi connectivity index (χ1n) is 7.89. The van der Waals surface area contributed by atoms with E-state index in [0.717, 1.165) is 5.56 Å². The minimum absolute atomic E-state index is 0.0995. The number of anilines is 1. The molecule has 1 aliphatic rings. The third-order valence-electron chi connectivity index (χ3n) is 4.23. The SMILES string of the molecule is COc1ccc(Cn2nc(C(F)(F)F)c3c2N(C(C)=O)CCC3)cc1. The summed E-state index contributed by atoms with van der Waals surface area (Å²) >= 11 is 0. The van der Waals surface area contributed by atoms with Crippen LogP contribution in [0.1, 0.15) is 30.2 Å². The van der Waals surface area contributed by atoms with Crippen LogP contribution in [-0.2, 0) is 23.9 Å². The number of rotatable bonds is 3. The number of benzene rings is 1. The summed E-state index contributed by atoms with van der Waals surface area (Å²) in [6.07, 6.45) is -3.80. The fraction of sp³-hybridized carbons (Fsp3) is 0.412. The minimum atomic E-state index is -4.55. The number of alkyl halides is 3. The summed E-state index contributed by atoms with van der Waals surface area (Å²) in [7, 11) is 1.54. The molecule has 2 heterocycles. The van der Waals surface area contributed by atoms with Gasteiger partial charge in [0.25, 0.3) is 0 Å². The van der Waals surface area contributed by atoms with Crippen molar-refractivity contribution in [3.05, 3.63) is 41.1 Å². The van der Waals surface area contributed by atoms with Crippen LogP contribution in [0, 0.1) is 0 Å². The molecule has 1 aromatic heterocycles. The van der Waals surface area contributed by atoms with Crippen molar-refractivity contribution < 1.29 is 22.7 Å². The van der Waals surface area contributed by atoms with Crippen LogP contribution in [0.25, 0.3) is 0 Å². The molecular weight excluding hydrogens is 335 g/mol. The number of hydrogen-bond acceptors (Lipinski definition) is 3. The van der Waals surface area contributed by atoms with E-state index in [-0.39, 0.29) is 30.3 Å². The summed E-state index contributed by atoms with van der Waals surface area (Å²) in [5, 5.41) is 3.80. The topological polar surface area (TPSA) is 47.4 Å². The van der Waals surface area contributed by atoms with E-state index in [1.807, 2.05) is 0 Å². The van der Waals surface area contributed by atoms with Crippen molar-refractivity contribution in [2.45, 2.75) is 32.5 Å². The van der Waals surface area contributed by atoms with Crippen LogP contribution in [0.5, 0.6) is 5.75 Å². The summed E-state index contributed by atoms with van der Waals surface area (Å²) in [6, 6.07) is 7.00. The van der Waals surface area contributed by atoms with E-state index in [1.165, 1.54) is 16.5 Å². The zero-order chi connectivity index (χ0) is 18.2. The van der Waals surface area contributed by atoms with Gasteiger partial charge in [-0.3, -0.25) is 9.69 Å². The Morgan fingerprint density at radius 3 is 2.52 bits per heavy atom. The van der Waals surface area contributed by atoms with Crippen LogP contribution in [-0.4, -0.2) is 29.3 Å². The molecule has 1 aliphatic heterocycles. The Morgan fingerprint density at radius 2 is 1.96 bits per heavy atom. The first-order valence-corrected chi connectivity index (χ1v) is 7.89. The molecule has 0 aliphatic carbocycles. The lowest BCUT2D eigenvalue weighted by molar-refractivity contribution is -0.142. The molecule has 8 heteroatoms. The molecule has 0 radical (unpaired) electrons. The maximum absolute atomic E-state index is 13.4. The van der Waals surface area contributed by atoms with E-state index in [4.69, 9.17) is 4.74 Å². The zero-order valence-electron chi connectivity index (χ0n) is 13.9. The number of nitrogens with zero attached hydrogens (tertiary/aromatic N) is 3. The number of methoxy groups -OCH3 is 1. The molecule has 3 rings (SSSR count). The van der Waals surface area contributed by atoms with E-state index in [0.29, 0.717) is 18.7 Å². The van der Waals surface area contributed by atoms with Gasteiger partial charge in [0.2, 0.25) is 5.91 Å². The normalized spacial score (nSPS) is 14.4. The van der Waals surface area contributed by atoms with Gasteiger partial charge < -0.3 is 4.74 Å². The number of fused-ring (bicyclic) bond motifs is 1. The molecule has 1 aromatic carbocycles. The Kier molecular flexibility index (Phi) is 4.45. The fourth-order valence-corrected chi connectivity index (χ4v) is 3.09. The number of aromatic nitrogens is 2. The average molecular weight is 353 g/mol. The largest absolute Gasteiger partial charge is 0.497 e. The highest BCUT2D eigenvalue weighted by Gasteiger charge is 2.41. The van der Waals surface area contributed by atoms with Crippen LogP contribution in [0.4, 0.5) is 19.0 Å². The van der Waals surface area contributed by atoms with E-state index in [9.17, 15) is 18.0 Å². The van der Waals surface area contributed by atoms with Crippen LogP contribution >= 0.6 is 0 Å². The third kappa shape index (κ3) is 3.33. The molecular formula is C17H18F3N3O2. The number of halogens is 3. The van der Waals surface area contributed by atoms with Crippen LogP contribution in [0.15, 0.2) is 24.3 Å². The van der Waals surface area contributed by atoms with E-state index >= 15 is 0 Å². The van der Waals surface area contributed by atoms with Gasteiger partial charge in [-0.15, -0.1) is 0 Å². The Bertz CT molecular complexity index is 782. The highest BCUT2D eigenvalue weighted by atomic mass is 19.4. The molecule has 1 amide bonds. The van der Waals surface area contributed by atoms with Gasteiger partial charge in [-0.1, -0.05) is 12.1 Å². The van der Waals surface area contributed by atoms with Gasteiger partial charge in [0.05, 0.1) is 13.7 Å². The Hall–Kier alpha value is -2.51. The lowest BCUT2D eigenvalue weighted by Crippen LogP contribution is -2.35. The van der Waals surface area contributed by atoms with Gasteiger partial charge in [-0.2, -0.15) is 18.3 Å². The summed E-state index contributed by atoms with van der Waals surface area (Å²) in [5.74, 6) is 0.625. The predicted molar refractivity (Wildman–Crippen MR) is 85.7 cm³/mol. The number of carbonyl (C=O) groups is 1. The van der Waals surface area contributed by atoms with Crippen molar-refractivity contribution in [1.82, 2.24) is 9.78 Å². The average Bonchev–Trinajstić information content (AvgIpc) is 2.94. The van der Waals surface area contributed by atoms with Gasteiger partial charge in [-0.25, -0.2) is 4.68 Å². The van der Waals surface area contributed by atoms with Crippen molar-refractivity contribution >= 4 is 11.7 Å². The van der Waals surface area contributed by atoms with Gasteiger partial charge in [0.1, 0.15) is 11.6 Å². The molecule has 5 nitrogen and oxygen atoms in total. The second-order valence-electron chi connectivity index (χ2n) is 5.93. The van der Waals surface area contributed by atoms with Gasteiger partial charge in [0.15, 0.2) is 5.69 Å². The highest BCUT2D eigenvalue weighted by molar-refractivity contribution is 5.92. The molecule has 2 aromatic rings. The third-order valence-corrected chi connectivity index (χ3v) is 4.23. The number of amides is 1. The van der Waals surface area contributed by atoms with Crippen LogP contribution in [0.3, 0.4) is 0 Å². The molecule has 0 spiro atoms. The summed E-state index contributed by atoms with van der Waals surface area (Å²) in [4.78, 5) is 13.3. The van der Waals surface area contributed by atoms with Gasteiger partial charge in [0, 0.05) is 19.0 Å². The molecule has 0 unspecified atom stereocenters. The summed E-state index contributed by atoms with van der Waals surface area (Å²) in [5.41, 5.74) is -0.0293. The first kappa shape index (κ1) is 17.3. The van der Waals surface area contributed by atoms with Crippen molar-refractivity contribution in [1.29, 1.82) is 0 Å². The van der Waals surface area contributed by atoms with Crippen molar-refractivity contribution in [2.75, 3.05) is 18.6 Å².